The van der Waals surface area contributed by atoms with Gasteiger partial charge in [-0.15, -0.1) is 0 Å². The van der Waals surface area contributed by atoms with E-state index < -0.39 is 0 Å². The minimum Gasteiger partial charge on any atom is -0.458 e. The lowest BCUT2D eigenvalue weighted by Gasteiger charge is -2.60. The van der Waals surface area contributed by atoms with E-state index in [1.165, 1.54) is 5.57 Å². The number of carbonyl (C=O) groups is 3. The van der Waals surface area contributed by atoms with Gasteiger partial charge >= 0.3 is 5.97 Å². The van der Waals surface area contributed by atoms with Crippen LogP contribution in [0.1, 0.15) is 78.6 Å². The molecule has 4 heteroatoms. The number of fused-ring (bicyclic) bond motifs is 6. The molecule has 4 aliphatic carbocycles. The van der Waals surface area contributed by atoms with Crippen LogP contribution in [0, 0.1) is 34.5 Å². The average Bonchev–Trinajstić information content (AvgIpc) is 3.16. The number of hydrogen-bond acceptors (Lipinski definition) is 4. The van der Waals surface area contributed by atoms with Gasteiger partial charge in [0.2, 0.25) is 0 Å². The van der Waals surface area contributed by atoms with Gasteiger partial charge in [-0.3, -0.25) is 14.4 Å². The van der Waals surface area contributed by atoms with E-state index in [1.807, 2.05) is 6.08 Å². The zero-order valence-electron chi connectivity index (χ0n) is 17.4. The van der Waals surface area contributed by atoms with Gasteiger partial charge < -0.3 is 4.74 Å². The summed E-state index contributed by atoms with van der Waals surface area (Å²) in [5, 5.41) is 0. The summed E-state index contributed by atoms with van der Waals surface area (Å²) in [7, 11) is 0. The maximum atomic E-state index is 12.8. The molecule has 0 radical (unpaired) electrons. The summed E-state index contributed by atoms with van der Waals surface area (Å²) in [4.78, 5) is 36.9. The molecule has 1 aliphatic heterocycles. The molecule has 0 aromatic rings. The van der Waals surface area contributed by atoms with Crippen molar-refractivity contribution in [2.75, 3.05) is 0 Å². The van der Waals surface area contributed by atoms with Crippen molar-refractivity contribution in [1.82, 2.24) is 0 Å². The lowest BCUT2D eigenvalue weighted by Crippen LogP contribution is -2.57. The molecule has 1 saturated heterocycles. The monoisotopic (exact) mass is 384 g/mol. The van der Waals surface area contributed by atoms with Crippen molar-refractivity contribution in [3.05, 3.63) is 11.6 Å². The molecule has 7 atom stereocenters. The highest BCUT2D eigenvalue weighted by molar-refractivity contribution is 5.92. The number of rotatable bonds is 1. The standard InChI is InChI=1S/C24H32O4/c1-14(25)17-13-15-12-16(26)4-8-22(15,2)18-5-9-23(3)19(21(17)18)6-10-24(23)11-7-20(27)28-24/h12,17-19,21H,4-11,13H2,1-3H3/t17?,18-,19-,21+,22-,23-,24+/m0/s1. The average molecular weight is 385 g/mol. The summed E-state index contributed by atoms with van der Waals surface area (Å²) >= 11 is 0. The molecule has 152 valence electrons. The van der Waals surface area contributed by atoms with E-state index in [1.54, 1.807) is 6.92 Å². The molecule has 0 N–H and O–H groups in total. The van der Waals surface area contributed by atoms with E-state index in [-0.39, 0.29) is 39.9 Å². The van der Waals surface area contributed by atoms with E-state index in [4.69, 9.17) is 4.74 Å². The predicted octanol–water partition coefficient (Wildman–Crippen LogP) is 4.41. The van der Waals surface area contributed by atoms with Crippen LogP contribution in [0.2, 0.25) is 0 Å². The SMILES string of the molecule is CC(=O)C1CC2=CC(=O)CC[C@]2(C)[C@H]2CC[C@@]3(C)[C@@H](CC[C@@]34CCC(=O)O4)[C@H]12. The van der Waals surface area contributed by atoms with Crippen LogP contribution in [0.25, 0.3) is 0 Å². The topological polar surface area (TPSA) is 60.4 Å². The highest BCUT2D eigenvalue weighted by Gasteiger charge is 2.68. The van der Waals surface area contributed by atoms with Crippen molar-refractivity contribution in [2.24, 2.45) is 34.5 Å². The predicted molar refractivity (Wildman–Crippen MR) is 104 cm³/mol. The minimum atomic E-state index is -0.305. The van der Waals surface area contributed by atoms with Crippen LogP contribution in [0.3, 0.4) is 0 Å². The second-order valence-corrected chi connectivity index (χ2v) is 10.7. The van der Waals surface area contributed by atoms with Crippen molar-refractivity contribution < 1.29 is 19.1 Å². The minimum absolute atomic E-state index is 0.00658. The summed E-state index contributed by atoms with van der Waals surface area (Å²) < 4.78 is 6.02. The first-order chi connectivity index (χ1) is 13.2. The maximum absolute atomic E-state index is 12.8. The molecule has 1 unspecified atom stereocenters. The van der Waals surface area contributed by atoms with Crippen LogP contribution >= 0.6 is 0 Å². The van der Waals surface area contributed by atoms with E-state index in [2.05, 4.69) is 13.8 Å². The fraction of sp³-hybridized carbons (Fsp3) is 0.792. The molecule has 28 heavy (non-hydrogen) atoms. The molecule has 3 saturated carbocycles. The molecular weight excluding hydrogens is 352 g/mol. The molecule has 1 spiro atoms. The Hall–Kier alpha value is -1.45. The first-order valence-corrected chi connectivity index (χ1v) is 11.2. The summed E-state index contributed by atoms with van der Waals surface area (Å²) in [6.45, 7) is 6.43. The van der Waals surface area contributed by atoms with Crippen LogP contribution in [0.4, 0.5) is 0 Å². The van der Waals surface area contributed by atoms with E-state index in [9.17, 15) is 14.4 Å². The molecule has 5 rings (SSSR count). The molecular formula is C24H32O4. The molecule has 0 aromatic carbocycles. The van der Waals surface area contributed by atoms with Gasteiger partial charge in [-0.05, 0) is 81.1 Å². The zero-order valence-corrected chi connectivity index (χ0v) is 17.4. The highest BCUT2D eigenvalue weighted by Crippen LogP contribution is 2.70. The summed E-state index contributed by atoms with van der Waals surface area (Å²) in [5.41, 5.74) is 0.957. The van der Waals surface area contributed by atoms with Gasteiger partial charge in [0.05, 0.1) is 0 Å². The maximum Gasteiger partial charge on any atom is 0.306 e. The number of ketones is 2. The van der Waals surface area contributed by atoms with Crippen LogP contribution < -0.4 is 0 Å². The Morgan fingerprint density at radius 2 is 1.79 bits per heavy atom. The summed E-state index contributed by atoms with van der Waals surface area (Å²) in [5.74, 6) is 1.70. The lowest BCUT2D eigenvalue weighted by molar-refractivity contribution is -0.172. The molecule has 5 aliphatic rings. The van der Waals surface area contributed by atoms with Gasteiger partial charge in [0.25, 0.3) is 0 Å². The summed E-state index contributed by atoms with van der Waals surface area (Å²) in [6, 6.07) is 0. The number of allylic oxidation sites excluding steroid dienone is 1. The Bertz CT molecular complexity index is 796. The first-order valence-electron chi connectivity index (χ1n) is 11.2. The lowest BCUT2D eigenvalue weighted by atomic mass is 9.43. The van der Waals surface area contributed by atoms with Gasteiger partial charge in [-0.25, -0.2) is 0 Å². The smallest absolute Gasteiger partial charge is 0.306 e. The zero-order chi connectivity index (χ0) is 19.9. The third kappa shape index (κ3) is 2.21. The normalized spacial score (nSPS) is 49.9. The van der Waals surface area contributed by atoms with Crippen molar-refractivity contribution in [3.8, 4) is 0 Å². The third-order valence-electron chi connectivity index (χ3n) is 9.87. The Morgan fingerprint density at radius 3 is 2.46 bits per heavy atom. The molecule has 4 fully saturated rings. The van der Waals surface area contributed by atoms with Crippen LogP contribution in [0.15, 0.2) is 11.6 Å². The largest absolute Gasteiger partial charge is 0.458 e. The van der Waals surface area contributed by atoms with Gasteiger partial charge in [0.15, 0.2) is 5.78 Å². The van der Waals surface area contributed by atoms with Crippen LogP contribution in [-0.4, -0.2) is 23.1 Å². The highest BCUT2D eigenvalue weighted by atomic mass is 16.6. The Morgan fingerprint density at radius 1 is 1.04 bits per heavy atom. The molecule has 0 aromatic heterocycles. The van der Waals surface area contributed by atoms with Crippen molar-refractivity contribution in [2.45, 2.75) is 84.2 Å². The van der Waals surface area contributed by atoms with E-state index in [0.717, 1.165) is 44.9 Å². The number of Topliss-reactive ketones (excluding diaryl/α,β-unsaturated/α-hetero) is 1. The number of carbonyl (C=O) groups excluding carboxylic acids is 3. The number of ether oxygens (including phenoxy) is 1. The van der Waals surface area contributed by atoms with E-state index >= 15 is 0 Å². The number of hydrogen-bond donors (Lipinski definition) is 0. The molecule has 0 bridgehead atoms. The Balaban J connectivity index is 1.57. The van der Waals surface area contributed by atoms with Gasteiger partial charge in [-0.1, -0.05) is 19.4 Å². The van der Waals surface area contributed by atoms with E-state index in [0.29, 0.717) is 30.6 Å². The fourth-order valence-corrected chi connectivity index (χ4v) is 8.27. The first kappa shape index (κ1) is 18.6. The van der Waals surface area contributed by atoms with Crippen LogP contribution in [0.5, 0.6) is 0 Å². The summed E-state index contributed by atoms with van der Waals surface area (Å²) in [6.07, 6.45) is 9.71. The van der Waals surface area contributed by atoms with Gasteiger partial charge in [-0.2, -0.15) is 0 Å². The third-order valence-corrected chi connectivity index (χ3v) is 9.87. The van der Waals surface area contributed by atoms with Crippen molar-refractivity contribution in [3.63, 3.8) is 0 Å². The number of esters is 1. The molecule has 1 heterocycles. The fourth-order valence-electron chi connectivity index (χ4n) is 8.27. The second kappa shape index (κ2) is 5.79. The van der Waals surface area contributed by atoms with Gasteiger partial charge in [0, 0.05) is 24.2 Å². The quantitative estimate of drug-likeness (QED) is 0.628. The Kier molecular flexibility index (Phi) is 3.84. The van der Waals surface area contributed by atoms with Crippen molar-refractivity contribution in [1.29, 1.82) is 0 Å². The Labute approximate surface area is 167 Å². The second-order valence-electron chi connectivity index (χ2n) is 10.7. The van der Waals surface area contributed by atoms with Crippen molar-refractivity contribution >= 4 is 17.5 Å². The molecule has 0 amide bonds. The van der Waals surface area contributed by atoms with Crippen LogP contribution in [-0.2, 0) is 19.1 Å². The van der Waals surface area contributed by atoms with Gasteiger partial charge in [0.1, 0.15) is 11.4 Å². The molecule has 4 nitrogen and oxygen atoms in total.